The van der Waals surface area contributed by atoms with Crippen LogP contribution in [0.5, 0.6) is 0 Å². The van der Waals surface area contributed by atoms with Crippen molar-refractivity contribution in [3.05, 3.63) is 28.8 Å². The largest absolute Gasteiger partial charge is 0.310 e. The Labute approximate surface area is 115 Å². The van der Waals surface area contributed by atoms with Gasteiger partial charge in [-0.25, -0.2) is 0 Å². The highest BCUT2D eigenvalue weighted by Crippen LogP contribution is 3.02. The zero-order valence-corrected chi connectivity index (χ0v) is 11.5. The molecule has 1 aliphatic carbocycles. The van der Waals surface area contributed by atoms with Crippen LogP contribution in [0.4, 0.5) is 19.4 Å². The predicted octanol–water partition coefficient (Wildman–Crippen LogP) is 6.66. The van der Waals surface area contributed by atoms with Gasteiger partial charge in [0, 0.05) is 10.9 Å². The fourth-order valence-electron chi connectivity index (χ4n) is 1.58. The SMILES string of the molecule is FS(F)(F)(F)(F)c1cc(Cl)cc(C2CC2(Cl)Cl)c1. The molecule has 1 aliphatic rings. The van der Waals surface area contributed by atoms with Crippen molar-refractivity contribution in [2.24, 2.45) is 0 Å². The lowest BCUT2D eigenvalue weighted by molar-refractivity contribution is 0.364. The van der Waals surface area contributed by atoms with E-state index in [4.69, 9.17) is 34.8 Å². The van der Waals surface area contributed by atoms with Gasteiger partial charge in [0.15, 0.2) is 0 Å². The predicted molar refractivity (Wildman–Crippen MR) is 64.6 cm³/mol. The monoisotopic (exact) mass is 346 g/mol. The first-order valence-electron chi connectivity index (χ1n) is 4.61. The molecule has 18 heavy (non-hydrogen) atoms. The van der Waals surface area contributed by atoms with Crippen LogP contribution in [0.2, 0.25) is 5.02 Å². The van der Waals surface area contributed by atoms with E-state index in [0.717, 1.165) is 6.07 Å². The number of alkyl halides is 2. The Morgan fingerprint density at radius 1 is 1.06 bits per heavy atom. The molecular weight excluding hydrogens is 342 g/mol. The van der Waals surface area contributed by atoms with Crippen LogP contribution in [0.15, 0.2) is 23.1 Å². The molecule has 0 nitrogen and oxygen atoms in total. The van der Waals surface area contributed by atoms with Crippen molar-refractivity contribution in [1.82, 2.24) is 0 Å². The molecule has 1 aromatic carbocycles. The van der Waals surface area contributed by atoms with Crippen molar-refractivity contribution in [3.63, 3.8) is 0 Å². The van der Waals surface area contributed by atoms with E-state index in [9.17, 15) is 19.4 Å². The first-order chi connectivity index (χ1) is 7.69. The smallest absolute Gasteiger partial charge is 0.101 e. The summed E-state index contributed by atoms with van der Waals surface area (Å²) in [6.45, 7) is 0. The average molecular weight is 348 g/mol. The second-order valence-corrected chi connectivity index (χ2v) is 8.60. The molecule has 1 saturated carbocycles. The van der Waals surface area contributed by atoms with E-state index in [2.05, 4.69) is 0 Å². The number of benzene rings is 1. The van der Waals surface area contributed by atoms with Crippen LogP contribution >= 0.6 is 45.0 Å². The topological polar surface area (TPSA) is 0 Å². The van der Waals surface area contributed by atoms with Crippen molar-refractivity contribution in [2.45, 2.75) is 21.6 Å². The van der Waals surface area contributed by atoms with Gasteiger partial charge in [-0.2, -0.15) is 0 Å². The Morgan fingerprint density at radius 2 is 1.56 bits per heavy atom. The van der Waals surface area contributed by atoms with Gasteiger partial charge in [0.25, 0.3) is 0 Å². The summed E-state index contributed by atoms with van der Waals surface area (Å²) in [5, 5.41) is -0.424. The van der Waals surface area contributed by atoms with E-state index in [1.165, 1.54) is 0 Å². The van der Waals surface area contributed by atoms with Crippen LogP contribution in [-0.2, 0) is 0 Å². The summed E-state index contributed by atoms with van der Waals surface area (Å²) in [4.78, 5) is -2.02. The number of hydrogen-bond acceptors (Lipinski definition) is 0. The number of halogens is 8. The van der Waals surface area contributed by atoms with E-state index in [1.807, 2.05) is 0 Å². The van der Waals surface area contributed by atoms with E-state index < -0.39 is 30.4 Å². The second kappa shape index (κ2) is 3.22. The molecule has 0 N–H and O–H groups in total. The molecule has 1 atom stereocenters. The molecule has 9 heteroatoms. The molecular formula is C9H6Cl3F5S. The number of hydrogen-bond donors (Lipinski definition) is 0. The third-order valence-corrected chi connectivity index (χ3v) is 4.75. The third-order valence-electron chi connectivity index (χ3n) is 2.57. The highest BCUT2D eigenvalue weighted by molar-refractivity contribution is 8.45. The zero-order chi connectivity index (χ0) is 14.0. The molecule has 1 unspecified atom stereocenters. The van der Waals surface area contributed by atoms with Crippen molar-refractivity contribution in [3.8, 4) is 0 Å². The number of rotatable bonds is 2. The summed E-state index contributed by atoms with van der Waals surface area (Å²) in [5.41, 5.74) is -0.0317. The molecule has 0 saturated heterocycles. The molecule has 0 radical (unpaired) electrons. The van der Waals surface area contributed by atoms with Crippen LogP contribution in [0.3, 0.4) is 0 Å². The van der Waals surface area contributed by atoms with Gasteiger partial charge >= 0.3 is 10.2 Å². The summed E-state index contributed by atoms with van der Waals surface area (Å²) in [6.07, 6.45) is 0.205. The summed E-state index contributed by atoms with van der Waals surface area (Å²) in [6, 6.07) is 1.73. The van der Waals surface area contributed by atoms with E-state index >= 15 is 0 Å². The lowest BCUT2D eigenvalue weighted by Gasteiger charge is -2.40. The Hall–Kier alpha value is 0.0900. The van der Waals surface area contributed by atoms with Gasteiger partial charge < -0.3 is 0 Å². The average Bonchev–Trinajstić information content (AvgIpc) is 2.70. The summed E-state index contributed by atoms with van der Waals surface area (Å²) in [5.74, 6) is -0.613. The zero-order valence-electron chi connectivity index (χ0n) is 8.45. The summed E-state index contributed by atoms with van der Waals surface area (Å²) >= 11 is 16.8. The van der Waals surface area contributed by atoms with Gasteiger partial charge in [-0.3, -0.25) is 0 Å². The highest BCUT2D eigenvalue weighted by Gasteiger charge is 2.66. The van der Waals surface area contributed by atoms with Gasteiger partial charge in [-0.05, 0) is 30.2 Å². The van der Waals surface area contributed by atoms with E-state index in [1.54, 1.807) is 0 Å². The Balaban J connectivity index is 2.54. The maximum absolute atomic E-state index is 12.7. The fraction of sp³-hybridized carbons (Fsp3) is 0.333. The first kappa shape index (κ1) is 14.5. The minimum absolute atomic E-state index is 0.0317. The third kappa shape index (κ3) is 2.98. The molecule has 0 amide bonds. The summed E-state index contributed by atoms with van der Waals surface area (Å²) < 4.78 is 62.1. The van der Waals surface area contributed by atoms with Gasteiger partial charge in [0.1, 0.15) is 9.23 Å². The molecule has 2 rings (SSSR count). The molecule has 0 bridgehead atoms. The Morgan fingerprint density at radius 3 is 1.94 bits per heavy atom. The van der Waals surface area contributed by atoms with Crippen LogP contribution in [0.1, 0.15) is 17.9 Å². The quantitative estimate of drug-likeness (QED) is 0.414. The molecule has 104 valence electrons. The van der Waals surface area contributed by atoms with Gasteiger partial charge in [-0.1, -0.05) is 31.0 Å². The second-order valence-electron chi connectivity index (χ2n) is 4.21. The molecule has 1 aromatic rings. The standard InChI is InChI=1S/C9H6Cl3F5S/c10-6-1-5(8-4-9(8,11)12)2-7(3-6)18(13,14,15,16)17/h1-3,8H,4H2. The normalized spacial score (nSPS) is 26.3. The maximum atomic E-state index is 12.7. The van der Waals surface area contributed by atoms with Crippen LogP contribution in [0.25, 0.3) is 0 Å². The van der Waals surface area contributed by atoms with Gasteiger partial charge in [0.2, 0.25) is 0 Å². The highest BCUT2D eigenvalue weighted by atomic mass is 35.5. The molecule has 0 aliphatic heterocycles. The van der Waals surface area contributed by atoms with Crippen LogP contribution < -0.4 is 0 Å². The summed E-state index contributed by atoms with van der Waals surface area (Å²) in [7, 11) is -9.74. The van der Waals surface area contributed by atoms with Crippen molar-refractivity contribution >= 4 is 45.0 Å². The van der Waals surface area contributed by atoms with Gasteiger partial charge in [0.05, 0.1) is 0 Å². The first-order valence-corrected chi connectivity index (χ1v) is 7.70. The lowest BCUT2D eigenvalue weighted by atomic mass is 10.1. The van der Waals surface area contributed by atoms with E-state index in [0.29, 0.717) is 6.07 Å². The van der Waals surface area contributed by atoms with Crippen molar-refractivity contribution in [1.29, 1.82) is 0 Å². The molecule has 0 heterocycles. The van der Waals surface area contributed by atoms with Crippen molar-refractivity contribution < 1.29 is 19.4 Å². The Bertz CT molecular complexity index is 524. The van der Waals surface area contributed by atoms with Crippen LogP contribution in [-0.4, -0.2) is 4.33 Å². The molecule has 0 aromatic heterocycles. The van der Waals surface area contributed by atoms with Crippen LogP contribution in [0, 0.1) is 0 Å². The maximum Gasteiger partial charge on any atom is 0.310 e. The Kier molecular flexibility index (Phi) is 2.59. The van der Waals surface area contributed by atoms with Gasteiger partial charge in [-0.15, -0.1) is 23.2 Å². The fourth-order valence-corrected chi connectivity index (χ4v) is 3.16. The minimum atomic E-state index is -9.74. The van der Waals surface area contributed by atoms with Crippen molar-refractivity contribution in [2.75, 3.05) is 0 Å². The lowest BCUT2D eigenvalue weighted by Crippen LogP contribution is -2.07. The van der Waals surface area contributed by atoms with E-state index in [-0.39, 0.29) is 18.1 Å². The minimum Gasteiger partial charge on any atom is -0.101 e. The molecule has 0 spiro atoms. The molecule has 1 fully saturated rings.